The van der Waals surface area contributed by atoms with Crippen LogP contribution < -0.4 is 5.46 Å². The Bertz CT molecular complexity index is 228. The molecule has 0 radical (unpaired) electrons. The summed E-state index contributed by atoms with van der Waals surface area (Å²) in [5, 5.41) is 0. The second kappa shape index (κ2) is 3.96. The number of hydrogen-bond donors (Lipinski definition) is 0. The van der Waals surface area contributed by atoms with Gasteiger partial charge in [0.1, 0.15) is 6.29 Å². The fourth-order valence-corrected chi connectivity index (χ4v) is 1.01. The Labute approximate surface area is 67.7 Å². The van der Waals surface area contributed by atoms with Crippen molar-refractivity contribution in [1.82, 2.24) is 0 Å². The lowest BCUT2D eigenvalue weighted by molar-refractivity contribution is -0.107. The molecule has 0 N–H and O–H groups in total. The van der Waals surface area contributed by atoms with E-state index in [4.69, 9.17) is 0 Å². The molecule has 2 heteroatoms. The molecular weight excluding hydrogens is 135 g/mol. The van der Waals surface area contributed by atoms with Crippen molar-refractivity contribution in [1.29, 1.82) is 0 Å². The van der Waals surface area contributed by atoms with Crippen LogP contribution in [0.3, 0.4) is 0 Å². The fraction of sp³-hybridized carbons (Fsp3) is 0.222. The van der Waals surface area contributed by atoms with Crippen molar-refractivity contribution in [2.24, 2.45) is 0 Å². The van der Waals surface area contributed by atoms with Gasteiger partial charge in [-0.05, 0) is 5.56 Å². The summed E-state index contributed by atoms with van der Waals surface area (Å²) in [7, 11) is 1.06. The van der Waals surface area contributed by atoms with Crippen molar-refractivity contribution in [2.75, 3.05) is 0 Å². The molecule has 0 atom stereocenters. The largest absolute Gasteiger partial charge is 0.303 e. The van der Waals surface area contributed by atoms with E-state index in [1.54, 1.807) is 0 Å². The first kappa shape index (κ1) is 8.06. The van der Waals surface area contributed by atoms with E-state index in [9.17, 15) is 4.79 Å². The highest BCUT2D eigenvalue weighted by Crippen LogP contribution is 1.95. The summed E-state index contributed by atoms with van der Waals surface area (Å²) >= 11 is 0. The maximum absolute atomic E-state index is 10.1. The molecule has 0 bridgehead atoms. The third-order valence-corrected chi connectivity index (χ3v) is 1.75. The predicted octanol–water partition coefficient (Wildman–Crippen LogP) is 0.538. The molecule has 0 spiro atoms. The highest BCUT2D eigenvalue weighted by atomic mass is 16.1. The molecule has 0 saturated carbocycles. The van der Waals surface area contributed by atoms with Crippen molar-refractivity contribution in [2.45, 2.75) is 13.2 Å². The standard InChI is InChI=1S/C9H11BO/c1-10-9-4-2-8(3-5-9)6-7-11/h2-5,7,10H,6H2,1H3. The number of carbonyl (C=O) groups excluding carboxylic acids is 1. The molecule has 56 valence electrons. The maximum Gasteiger partial charge on any atom is 0.154 e. The summed E-state index contributed by atoms with van der Waals surface area (Å²) in [5.41, 5.74) is 2.41. The fourth-order valence-electron chi connectivity index (χ4n) is 1.01. The smallest absolute Gasteiger partial charge is 0.154 e. The summed E-state index contributed by atoms with van der Waals surface area (Å²) < 4.78 is 0. The zero-order valence-electron chi connectivity index (χ0n) is 6.71. The first-order chi connectivity index (χ1) is 5.36. The first-order valence-corrected chi connectivity index (χ1v) is 3.88. The summed E-state index contributed by atoms with van der Waals surface area (Å²) in [6, 6.07) is 8.15. The highest BCUT2D eigenvalue weighted by molar-refractivity contribution is 6.51. The normalized spacial score (nSPS) is 9.18. The van der Waals surface area contributed by atoms with Crippen molar-refractivity contribution in [3.8, 4) is 0 Å². The number of rotatable bonds is 3. The third kappa shape index (κ3) is 2.22. The Morgan fingerprint density at radius 1 is 1.36 bits per heavy atom. The SMILES string of the molecule is CBc1ccc(CC=O)cc1. The Morgan fingerprint density at radius 2 is 2.00 bits per heavy atom. The maximum atomic E-state index is 10.1. The minimum absolute atomic E-state index is 0.532. The van der Waals surface area contributed by atoms with Gasteiger partial charge < -0.3 is 4.79 Å². The zero-order valence-corrected chi connectivity index (χ0v) is 6.71. The molecule has 1 aromatic carbocycles. The number of aldehydes is 1. The van der Waals surface area contributed by atoms with Gasteiger partial charge in [0.05, 0.1) is 0 Å². The van der Waals surface area contributed by atoms with Crippen molar-refractivity contribution >= 4 is 19.0 Å². The monoisotopic (exact) mass is 146 g/mol. The molecule has 0 amide bonds. The summed E-state index contributed by atoms with van der Waals surface area (Å²) in [6.07, 6.45) is 1.46. The molecule has 0 heterocycles. The molecule has 1 aromatic rings. The zero-order chi connectivity index (χ0) is 8.10. The average Bonchev–Trinajstić information content (AvgIpc) is 2.07. The van der Waals surface area contributed by atoms with E-state index in [1.807, 2.05) is 12.1 Å². The number of carbonyl (C=O) groups is 1. The lowest BCUT2D eigenvalue weighted by Crippen LogP contribution is -2.09. The van der Waals surface area contributed by atoms with Gasteiger partial charge in [-0.2, -0.15) is 0 Å². The highest BCUT2D eigenvalue weighted by Gasteiger charge is 1.91. The van der Waals surface area contributed by atoms with Gasteiger partial charge in [-0.15, -0.1) is 0 Å². The van der Waals surface area contributed by atoms with Crippen LogP contribution in [0.5, 0.6) is 0 Å². The average molecular weight is 146 g/mol. The minimum Gasteiger partial charge on any atom is -0.303 e. The van der Waals surface area contributed by atoms with Crippen molar-refractivity contribution in [3.63, 3.8) is 0 Å². The van der Waals surface area contributed by atoms with Crippen LogP contribution in [0.4, 0.5) is 0 Å². The lowest BCUT2D eigenvalue weighted by Gasteiger charge is -1.96. The predicted molar refractivity (Wildman–Crippen MR) is 48.9 cm³/mol. The van der Waals surface area contributed by atoms with Gasteiger partial charge in [-0.1, -0.05) is 36.6 Å². The molecule has 1 nitrogen and oxygen atoms in total. The van der Waals surface area contributed by atoms with Crippen LogP contribution in [0.15, 0.2) is 24.3 Å². The molecule has 0 aliphatic rings. The third-order valence-electron chi connectivity index (χ3n) is 1.75. The Balaban J connectivity index is 2.74. The van der Waals surface area contributed by atoms with Crippen molar-refractivity contribution in [3.05, 3.63) is 29.8 Å². The minimum atomic E-state index is 0.532. The van der Waals surface area contributed by atoms with Gasteiger partial charge in [0.25, 0.3) is 0 Å². The van der Waals surface area contributed by atoms with Crippen LogP contribution in [-0.4, -0.2) is 13.6 Å². The van der Waals surface area contributed by atoms with Crippen LogP contribution >= 0.6 is 0 Å². The van der Waals surface area contributed by atoms with Gasteiger partial charge in [0, 0.05) is 6.42 Å². The lowest BCUT2D eigenvalue weighted by atomic mass is 9.73. The second-order valence-corrected chi connectivity index (χ2v) is 2.54. The first-order valence-electron chi connectivity index (χ1n) is 3.88. The van der Waals surface area contributed by atoms with Gasteiger partial charge in [0.2, 0.25) is 0 Å². The van der Waals surface area contributed by atoms with Crippen molar-refractivity contribution < 1.29 is 4.79 Å². The van der Waals surface area contributed by atoms with Crippen LogP contribution in [0.1, 0.15) is 5.56 Å². The molecule has 0 fully saturated rings. The van der Waals surface area contributed by atoms with E-state index in [0.29, 0.717) is 6.42 Å². The van der Waals surface area contributed by atoms with E-state index in [1.165, 1.54) is 5.46 Å². The quantitative estimate of drug-likeness (QED) is 0.449. The topological polar surface area (TPSA) is 17.1 Å². The molecule has 0 saturated heterocycles. The van der Waals surface area contributed by atoms with Gasteiger partial charge >= 0.3 is 0 Å². The van der Waals surface area contributed by atoms with Crippen LogP contribution in [0.25, 0.3) is 0 Å². The van der Waals surface area contributed by atoms with Gasteiger partial charge in [-0.3, -0.25) is 0 Å². The number of hydrogen-bond acceptors (Lipinski definition) is 1. The molecule has 0 aliphatic heterocycles. The Kier molecular flexibility index (Phi) is 2.90. The van der Waals surface area contributed by atoms with Crippen LogP contribution in [0.2, 0.25) is 6.82 Å². The van der Waals surface area contributed by atoms with Gasteiger partial charge in [-0.25, -0.2) is 0 Å². The molecule has 0 aliphatic carbocycles. The van der Waals surface area contributed by atoms with Gasteiger partial charge in [0.15, 0.2) is 7.28 Å². The summed E-state index contributed by atoms with van der Waals surface area (Å²) in [4.78, 5) is 10.1. The van der Waals surface area contributed by atoms with E-state index >= 15 is 0 Å². The van der Waals surface area contributed by atoms with E-state index < -0.39 is 0 Å². The molecule has 0 unspecified atom stereocenters. The Morgan fingerprint density at radius 3 is 2.45 bits per heavy atom. The van der Waals surface area contributed by atoms with E-state index in [-0.39, 0.29) is 0 Å². The summed E-state index contributed by atoms with van der Waals surface area (Å²) in [5.74, 6) is 0. The molecule has 11 heavy (non-hydrogen) atoms. The Hall–Kier alpha value is -1.05. The van der Waals surface area contributed by atoms with Crippen LogP contribution in [-0.2, 0) is 11.2 Å². The van der Waals surface area contributed by atoms with Crippen LogP contribution in [0, 0.1) is 0 Å². The number of benzene rings is 1. The molecular formula is C9H11BO. The second-order valence-electron chi connectivity index (χ2n) is 2.54. The van der Waals surface area contributed by atoms with E-state index in [2.05, 4.69) is 19.0 Å². The molecule has 0 aromatic heterocycles. The van der Waals surface area contributed by atoms with E-state index in [0.717, 1.165) is 19.1 Å². The molecule has 1 rings (SSSR count). The summed E-state index contributed by atoms with van der Waals surface area (Å²) in [6.45, 7) is 2.12.